The fourth-order valence-electron chi connectivity index (χ4n) is 1.37. The van der Waals surface area contributed by atoms with Crippen LogP contribution in [0.2, 0.25) is 0 Å². The summed E-state index contributed by atoms with van der Waals surface area (Å²) in [7, 11) is 1.33. The van der Waals surface area contributed by atoms with E-state index in [-0.39, 0.29) is 5.69 Å². The first-order valence-electron chi connectivity index (χ1n) is 5.92. The molecule has 1 N–H and O–H groups in total. The Morgan fingerprint density at radius 1 is 1.56 bits per heavy atom. The van der Waals surface area contributed by atoms with Crippen LogP contribution in [-0.4, -0.2) is 40.6 Å². The fourth-order valence-corrected chi connectivity index (χ4v) is 2.18. The van der Waals surface area contributed by atoms with Crippen LogP contribution < -0.4 is 5.32 Å². The number of nitrogens with zero attached hydrogens (tertiary/aromatic N) is 2. The number of carbonyl (C=O) groups is 1. The second-order valence-corrected chi connectivity index (χ2v) is 5.21. The molecule has 1 rings (SSSR count). The van der Waals surface area contributed by atoms with Crippen molar-refractivity contribution in [2.45, 2.75) is 26.3 Å². The van der Waals surface area contributed by atoms with Crippen molar-refractivity contribution >= 4 is 23.5 Å². The van der Waals surface area contributed by atoms with Crippen molar-refractivity contribution in [2.24, 2.45) is 0 Å². The highest BCUT2D eigenvalue weighted by Gasteiger charge is 2.09. The van der Waals surface area contributed by atoms with E-state index in [4.69, 9.17) is 0 Å². The fraction of sp³-hybridized carbons (Fsp3) is 0.583. The summed E-state index contributed by atoms with van der Waals surface area (Å²) < 4.78 is 4.60. The zero-order valence-corrected chi connectivity index (χ0v) is 11.8. The number of rotatable bonds is 7. The Labute approximate surface area is 112 Å². The molecule has 0 amide bonds. The number of esters is 1. The molecular weight excluding hydrogens is 250 g/mol. The maximum Gasteiger partial charge on any atom is 0.358 e. The molecular formula is C12H19N3O2S. The second kappa shape index (κ2) is 7.92. The largest absolute Gasteiger partial charge is 0.464 e. The zero-order chi connectivity index (χ0) is 13.4. The van der Waals surface area contributed by atoms with E-state index in [1.54, 1.807) is 6.20 Å². The maximum atomic E-state index is 11.3. The Morgan fingerprint density at radius 3 is 3.00 bits per heavy atom. The number of carbonyl (C=O) groups excluding carboxylic acids is 1. The third-order valence-corrected chi connectivity index (χ3v) is 3.26. The van der Waals surface area contributed by atoms with E-state index in [1.165, 1.54) is 13.3 Å². The van der Waals surface area contributed by atoms with Gasteiger partial charge in [-0.25, -0.2) is 9.78 Å². The van der Waals surface area contributed by atoms with Crippen molar-refractivity contribution < 1.29 is 9.53 Å². The maximum absolute atomic E-state index is 11.3. The van der Waals surface area contributed by atoms with E-state index < -0.39 is 5.97 Å². The van der Waals surface area contributed by atoms with Gasteiger partial charge >= 0.3 is 5.97 Å². The molecule has 1 aromatic heterocycles. The van der Waals surface area contributed by atoms with Crippen LogP contribution in [0.15, 0.2) is 12.4 Å². The third-order valence-electron chi connectivity index (χ3n) is 2.32. The average molecular weight is 269 g/mol. The molecule has 1 aromatic rings. The number of aromatic nitrogens is 2. The molecule has 6 heteroatoms. The lowest BCUT2D eigenvalue weighted by Gasteiger charge is -2.13. The molecule has 0 spiro atoms. The topological polar surface area (TPSA) is 64.1 Å². The Morgan fingerprint density at radius 2 is 2.33 bits per heavy atom. The highest BCUT2D eigenvalue weighted by atomic mass is 32.2. The average Bonchev–Trinajstić information content (AvgIpc) is 2.38. The molecule has 0 aromatic carbocycles. The molecule has 5 nitrogen and oxygen atoms in total. The first-order chi connectivity index (χ1) is 8.67. The molecule has 0 bridgehead atoms. The van der Waals surface area contributed by atoms with Crippen molar-refractivity contribution in [3.63, 3.8) is 0 Å². The van der Waals surface area contributed by atoms with Crippen LogP contribution in [0, 0.1) is 0 Å². The van der Waals surface area contributed by atoms with Gasteiger partial charge in [-0.3, -0.25) is 4.98 Å². The lowest BCUT2D eigenvalue weighted by molar-refractivity contribution is 0.0593. The number of ether oxygens (including phenoxy) is 1. The number of methoxy groups -OCH3 is 1. The summed E-state index contributed by atoms with van der Waals surface area (Å²) in [6, 6.07) is 0.297. The quantitative estimate of drug-likeness (QED) is 0.605. The van der Waals surface area contributed by atoms with Gasteiger partial charge in [-0.2, -0.15) is 11.8 Å². The normalized spacial score (nSPS) is 11.9. The smallest absolute Gasteiger partial charge is 0.358 e. The van der Waals surface area contributed by atoms with Gasteiger partial charge in [0.1, 0.15) is 5.82 Å². The Balaban J connectivity index is 2.53. The van der Waals surface area contributed by atoms with Crippen LogP contribution >= 0.6 is 11.8 Å². The molecule has 0 aliphatic carbocycles. The number of hydrogen-bond donors (Lipinski definition) is 1. The molecule has 1 atom stereocenters. The van der Waals surface area contributed by atoms with Crippen molar-refractivity contribution in [3.8, 4) is 0 Å². The molecule has 0 fully saturated rings. The summed E-state index contributed by atoms with van der Waals surface area (Å²) in [5, 5.41) is 3.23. The second-order valence-electron chi connectivity index (χ2n) is 3.81. The summed E-state index contributed by atoms with van der Waals surface area (Å²) in [6.45, 7) is 4.23. The molecule has 0 saturated heterocycles. The van der Waals surface area contributed by atoms with Gasteiger partial charge in [0.25, 0.3) is 0 Å². The third kappa shape index (κ3) is 4.91. The Hall–Kier alpha value is -1.30. The standard InChI is InChI=1S/C12H19N3O2S/c1-4-18-6-5-9(2)14-11-8-13-7-10(15-11)12(16)17-3/h7-9H,4-6H2,1-3H3,(H,14,15). The summed E-state index contributed by atoms with van der Waals surface area (Å²) >= 11 is 1.91. The first kappa shape index (κ1) is 14.8. The van der Waals surface area contributed by atoms with Crippen LogP contribution in [-0.2, 0) is 4.74 Å². The van der Waals surface area contributed by atoms with E-state index >= 15 is 0 Å². The van der Waals surface area contributed by atoms with Gasteiger partial charge in [-0.15, -0.1) is 0 Å². The zero-order valence-electron chi connectivity index (χ0n) is 11.0. The molecule has 1 heterocycles. The predicted octanol–water partition coefficient (Wildman–Crippen LogP) is 2.21. The number of thioether (sulfide) groups is 1. The molecule has 18 heavy (non-hydrogen) atoms. The lowest BCUT2D eigenvalue weighted by atomic mass is 10.2. The van der Waals surface area contributed by atoms with Crippen LogP contribution in [0.5, 0.6) is 0 Å². The van der Waals surface area contributed by atoms with E-state index in [0.717, 1.165) is 17.9 Å². The summed E-state index contributed by atoms with van der Waals surface area (Å²) in [6.07, 6.45) is 4.05. The van der Waals surface area contributed by atoms with Crippen LogP contribution in [0.25, 0.3) is 0 Å². The van der Waals surface area contributed by atoms with Crippen LogP contribution in [0.1, 0.15) is 30.8 Å². The summed E-state index contributed by atoms with van der Waals surface area (Å²) in [5.41, 5.74) is 0.220. The number of hydrogen-bond acceptors (Lipinski definition) is 6. The molecule has 1 unspecified atom stereocenters. The molecule has 0 saturated carbocycles. The molecule has 0 aliphatic heterocycles. The van der Waals surface area contributed by atoms with Gasteiger partial charge in [-0.05, 0) is 24.9 Å². The SMILES string of the molecule is CCSCCC(C)Nc1cncc(C(=O)OC)n1. The van der Waals surface area contributed by atoms with Crippen molar-refractivity contribution in [2.75, 3.05) is 23.9 Å². The predicted molar refractivity (Wildman–Crippen MR) is 74.1 cm³/mol. The van der Waals surface area contributed by atoms with Gasteiger partial charge in [0.2, 0.25) is 0 Å². The van der Waals surface area contributed by atoms with E-state index in [9.17, 15) is 4.79 Å². The van der Waals surface area contributed by atoms with Gasteiger partial charge in [0, 0.05) is 6.04 Å². The van der Waals surface area contributed by atoms with Crippen LogP contribution in [0.3, 0.4) is 0 Å². The van der Waals surface area contributed by atoms with Gasteiger partial charge in [0.05, 0.1) is 19.5 Å². The van der Waals surface area contributed by atoms with Gasteiger partial charge in [-0.1, -0.05) is 6.92 Å². The molecule has 0 radical (unpaired) electrons. The molecule has 0 aliphatic rings. The highest BCUT2D eigenvalue weighted by molar-refractivity contribution is 7.99. The van der Waals surface area contributed by atoms with E-state index in [1.807, 2.05) is 11.8 Å². The van der Waals surface area contributed by atoms with E-state index in [2.05, 4.69) is 33.9 Å². The van der Waals surface area contributed by atoms with Gasteiger partial charge < -0.3 is 10.1 Å². The number of nitrogens with one attached hydrogen (secondary N) is 1. The minimum Gasteiger partial charge on any atom is -0.464 e. The monoisotopic (exact) mass is 269 g/mol. The highest BCUT2D eigenvalue weighted by Crippen LogP contribution is 2.09. The van der Waals surface area contributed by atoms with E-state index in [0.29, 0.717) is 11.9 Å². The summed E-state index contributed by atoms with van der Waals surface area (Å²) in [4.78, 5) is 19.4. The summed E-state index contributed by atoms with van der Waals surface area (Å²) in [5.74, 6) is 2.37. The Bertz CT molecular complexity index is 387. The number of anilines is 1. The molecule has 100 valence electrons. The van der Waals surface area contributed by atoms with Gasteiger partial charge in [0.15, 0.2) is 5.69 Å². The van der Waals surface area contributed by atoms with Crippen molar-refractivity contribution in [3.05, 3.63) is 18.1 Å². The minimum atomic E-state index is -0.472. The minimum absolute atomic E-state index is 0.220. The van der Waals surface area contributed by atoms with Crippen LogP contribution in [0.4, 0.5) is 5.82 Å². The van der Waals surface area contributed by atoms with Crippen molar-refractivity contribution in [1.82, 2.24) is 9.97 Å². The Kier molecular flexibility index (Phi) is 6.49. The first-order valence-corrected chi connectivity index (χ1v) is 7.07. The van der Waals surface area contributed by atoms with Crippen molar-refractivity contribution in [1.29, 1.82) is 0 Å². The lowest BCUT2D eigenvalue weighted by Crippen LogP contribution is -2.18.